The predicted octanol–water partition coefficient (Wildman–Crippen LogP) is 1.68. The molecule has 0 saturated carbocycles. The van der Waals surface area contributed by atoms with Crippen LogP contribution in [0.15, 0.2) is 38.3 Å². The molecule has 0 saturated heterocycles. The molecule has 25 heavy (non-hydrogen) atoms. The molecule has 132 valence electrons. The number of aromatic nitrogens is 3. The minimum atomic E-state index is -3.50. The van der Waals surface area contributed by atoms with Gasteiger partial charge in [0.15, 0.2) is 20.2 Å². The van der Waals surface area contributed by atoms with E-state index in [-0.39, 0.29) is 21.8 Å². The van der Waals surface area contributed by atoms with Crippen molar-refractivity contribution >= 4 is 42.7 Å². The van der Waals surface area contributed by atoms with Crippen LogP contribution in [0.2, 0.25) is 0 Å². The highest BCUT2D eigenvalue weighted by Crippen LogP contribution is 2.28. The molecule has 1 unspecified atom stereocenters. The number of hydrogen-bond donors (Lipinski definition) is 0. The van der Waals surface area contributed by atoms with E-state index in [2.05, 4.69) is 9.97 Å². The minimum Gasteiger partial charge on any atom is -0.610 e. The molecule has 0 aliphatic carbocycles. The molecule has 1 aromatic carbocycles. The number of thiazole rings is 1. The first-order valence-electron chi connectivity index (χ1n) is 7.28. The van der Waals surface area contributed by atoms with Gasteiger partial charge in [0, 0.05) is 29.5 Å². The van der Waals surface area contributed by atoms with Gasteiger partial charge < -0.3 is 4.55 Å². The molecule has 0 amide bonds. The maximum atomic E-state index is 12.8. The topological polar surface area (TPSA) is 105 Å². The van der Waals surface area contributed by atoms with E-state index in [1.165, 1.54) is 16.9 Å². The van der Waals surface area contributed by atoms with E-state index < -0.39 is 21.0 Å². The van der Waals surface area contributed by atoms with Gasteiger partial charge in [0.1, 0.15) is 12.1 Å². The van der Waals surface area contributed by atoms with Gasteiger partial charge in [0.25, 0.3) is 5.56 Å². The summed E-state index contributed by atoms with van der Waals surface area (Å²) in [6.45, 7) is 2.07. The summed E-state index contributed by atoms with van der Waals surface area (Å²) in [7, 11) is -3.50. The number of nitrogens with zero attached hydrogens (tertiary/aromatic N) is 3. The number of benzene rings is 1. The average molecular weight is 398 g/mol. The third-order valence-corrected chi connectivity index (χ3v) is 7.03. The first-order valence-corrected chi connectivity index (χ1v) is 11.5. The molecule has 0 bridgehead atoms. The molecular formula is C15H15N3O4S3. The van der Waals surface area contributed by atoms with E-state index in [4.69, 9.17) is 0 Å². The van der Waals surface area contributed by atoms with Gasteiger partial charge in [0.2, 0.25) is 0 Å². The Balaban J connectivity index is 2.40. The van der Waals surface area contributed by atoms with Crippen LogP contribution in [-0.2, 0) is 27.6 Å². The molecule has 3 aromatic rings. The zero-order valence-corrected chi connectivity index (χ0v) is 16.2. The van der Waals surface area contributed by atoms with Crippen molar-refractivity contribution in [2.24, 2.45) is 0 Å². The van der Waals surface area contributed by atoms with Gasteiger partial charge in [-0.25, -0.2) is 13.4 Å². The Hall–Kier alpha value is -1.75. The predicted molar refractivity (Wildman–Crippen MR) is 98.2 cm³/mol. The highest BCUT2D eigenvalue weighted by atomic mass is 32.2. The third-order valence-electron chi connectivity index (χ3n) is 3.59. The Morgan fingerprint density at radius 3 is 2.56 bits per heavy atom. The maximum absolute atomic E-state index is 12.8. The highest BCUT2D eigenvalue weighted by Gasteiger charge is 2.22. The summed E-state index contributed by atoms with van der Waals surface area (Å²) in [5.41, 5.74) is 0.134. The zero-order chi connectivity index (χ0) is 18.4. The molecule has 7 nitrogen and oxygen atoms in total. The Morgan fingerprint density at radius 1 is 1.28 bits per heavy atom. The lowest BCUT2D eigenvalue weighted by Gasteiger charge is -2.12. The smallest absolute Gasteiger partial charge is 0.304 e. The second kappa shape index (κ2) is 6.52. The van der Waals surface area contributed by atoms with Crippen molar-refractivity contribution in [3.05, 3.63) is 34.6 Å². The summed E-state index contributed by atoms with van der Waals surface area (Å²) < 4.78 is 37.6. The highest BCUT2D eigenvalue weighted by molar-refractivity contribution is 7.92. The van der Waals surface area contributed by atoms with E-state index in [9.17, 15) is 17.8 Å². The molecule has 2 heterocycles. The van der Waals surface area contributed by atoms with Gasteiger partial charge in [-0.05, 0) is 30.4 Å². The molecule has 1 atom stereocenters. The first-order chi connectivity index (χ1) is 11.7. The lowest BCUT2D eigenvalue weighted by molar-refractivity contribution is 0.599. The Morgan fingerprint density at radius 2 is 1.96 bits per heavy atom. The van der Waals surface area contributed by atoms with Crippen LogP contribution in [0.25, 0.3) is 21.7 Å². The van der Waals surface area contributed by atoms with Crippen LogP contribution in [-0.4, -0.2) is 40.0 Å². The molecule has 0 spiro atoms. The maximum Gasteiger partial charge on any atom is 0.304 e. The van der Waals surface area contributed by atoms with E-state index in [0.717, 1.165) is 17.6 Å². The van der Waals surface area contributed by atoms with Crippen LogP contribution < -0.4 is 5.56 Å². The van der Waals surface area contributed by atoms with Crippen LogP contribution in [0.1, 0.15) is 6.92 Å². The van der Waals surface area contributed by atoms with Gasteiger partial charge in [-0.15, -0.1) is 0 Å². The second-order valence-corrected chi connectivity index (χ2v) is 9.86. The van der Waals surface area contributed by atoms with E-state index >= 15 is 0 Å². The monoisotopic (exact) mass is 397 g/mol. The fraction of sp³-hybridized carbons (Fsp3) is 0.267. The number of sulfone groups is 1. The summed E-state index contributed by atoms with van der Waals surface area (Å²) in [6.07, 6.45) is 2.60. The fourth-order valence-electron chi connectivity index (χ4n) is 2.49. The summed E-state index contributed by atoms with van der Waals surface area (Å²) >= 11 is -0.249. The van der Waals surface area contributed by atoms with Crippen molar-refractivity contribution in [2.75, 3.05) is 12.5 Å². The molecule has 10 heteroatoms. The second-order valence-electron chi connectivity index (χ2n) is 5.34. The molecule has 0 N–H and O–H groups in total. The van der Waals surface area contributed by atoms with E-state index in [1.807, 2.05) is 0 Å². The quantitative estimate of drug-likeness (QED) is 0.620. The minimum absolute atomic E-state index is 0.104. The molecule has 0 fully saturated rings. The molecule has 0 aliphatic heterocycles. The van der Waals surface area contributed by atoms with Crippen molar-refractivity contribution < 1.29 is 13.0 Å². The standard InChI is InChI=1S/C15H15N3O4S3/c1-4-18-12(9-7-5-6-8-10(9)25(3,21)22)17-13-11(14(18)19)16-15(23-13)24(2)20/h5-8H,4H2,1-3H3. The van der Waals surface area contributed by atoms with Crippen LogP contribution in [0, 0.1) is 0 Å². The van der Waals surface area contributed by atoms with Gasteiger partial charge >= 0.3 is 4.34 Å². The van der Waals surface area contributed by atoms with Crippen LogP contribution >= 0.6 is 11.3 Å². The normalized spacial score (nSPS) is 13.3. The summed E-state index contributed by atoms with van der Waals surface area (Å²) in [5, 5.41) is 0. The van der Waals surface area contributed by atoms with Crippen LogP contribution in [0.5, 0.6) is 0 Å². The van der Waals surface area contributed by atoms with Crippen molar-refractivity contribution in [2.45, 2.75) is 22.7 Å². The Bertz CT molecular complexity index is 1120. The van der Waals surface area contributed by atoms with Crippen LogP contribution in [0.4, 0.5) is 0 Å². The number of fused-ring (bicyclic) bond motifs is 1. The SMILES string of the molecule is CCn1c(-c2ccccc2S(C)(=O)=O)nc2sc([S+](C)[O-])nc2c1=O. The van der Waals surface area contributed by atoms with Crippen molar-refractivity contribution in [1.82, 2.24) is 14.5 Å². The van der Waals surface area contributed by atoms with Gasteiger partial charge in [-0.3, -0.25) is 9.36 Å². The average Bonchev–Trinajstić information content (AvgIpc) is 2.99. The fourth-order valence-corrected chi connectivity index (χ4v) is 4.96. The van der Waals surface area contributed by atoms with Gasteiger partial charge in [-0.2, -0.15) is 4.98 Å². The third kappa shape index (κ3) is 3.22. The molecule has 0 radical (unpaired) electrons. The zero-order valence-electron chi connectivity index (χ0n) is 13.7. The first kappa shape index (κ1) is 18.1. The Kier molecular flexibility index (Phi) is 4.71. The molecule has 3 rings (SSSR count). The lowest BCUT2D eigenvalue weighted by Crippen LogP contribution is -2.23. The van der Waals surface area contributed by atoms with Crippen molar-refractivity contribution in [3.8, 4) is 11.4 Å². The summed E-state index contributed by atoms with van der Waals surface area (Å²) in [6, 6.07) is 6.42. The summed E-state index contributed by atoms with van der Waals surface area (Å²) in [5.74, 6) is 0.262. The van der Waals surface area contributed by atoms with Crippen LogP contribution in [0.3, 0.4) is 0 Å². The van der Waals surface area contributed by atoms with Gasteiger partial charge in [-0.1, -0.05) is 12.1 Å². The summed E-state index contributed by atoms with van der Waals surface area (Å²) in [4.78, 5) is 21.8. The number of hydrogen-bond acceptors (Lipinski definition) is 7. The van der Waals surface area contributed by atoms with Gasteiger partial charge in [0.05, 0.1) is 4.90 Å². The van der Waals surface area contributed by atoms with E-state index in [1.54, 1.807) is 25.1 Å². The largest absolute Gasteiger partial charge is 0.610 e. The molecular weight excluding hydrogens is 382 g/mol. The van der Waals surface area contributed by atoms with Crippen molar-refractivity contribution in [1.29, 1.82) is 0 Å². The molecule has 0 aliphatic rings. The van der Waals surface area contributed by atoms with Crippen molar-refractivity contribution in [3.63, 3.8) is 0 Å². The lowest BCUT2D eigenvalue weighted by atomic mass is 10.2. The molecule has 2 aromatic heterocycles. The Labute approximate surface area is 151 Å². The number of rotatable bonds is 4. The van der Waals surface area contributed by atoms with E-state index in [0.29, 0.717) is 21.3 Å².